The lowest BCUT2D eigenvalue weighted by Gasteiger charge is -2.22. The highest BCUT2D eigenvalue weighted by molar-refractivity contribution is 7.89. The molecule has 3 aromatic heterocycles. The number of pyridine rings is 2. The minimum Gasteiger partial charge on any atom is -0.370 e. The number of carbonyl (C=O) groups is 1. The van der Waals surface area contributed by atoms with Gasteiger partial charge in [0, 0.05) is 30.3 Å². The molecule has 1 amide bonds. The van der Waals surface area contributed by atoms with Gasteiger partial charge in [-0.2, -0.15) is 0 Å². The van der Waals surface area contributed by atoms with Gasteiger partial charge in [-0.05, 0) is 30.7 Å². The third-order valence-electron chi connectivity index (χ3n) is 4.07. The van der Waals surface area contributed by atoms with Crippen LogP contribution in [0.3, 0.4) is 0 Å². The maximum Gasteiger partial charge on any atom is 0.272 e. The topological polar surface area (TPSA) is 139 Å². The molecule has 33 heavy (non-hydrogen) atoms. The molecule has 10 nitrogen and oxygen atoms in total. The minimum absolute atomic E-state index is 0.148. The van der Waals surface area contributed by atoms with Crippen LogP contribution in [0.4, 0.5) is 23.1 Å². The van der Waals surface area contributed by atoms with Crippen molar-refractivity contribution in [3.05, 3.63) is 59.5 Å². The second-order valence-electron chi connectivity index (χ2n) is 7.43. The summed E-state index contributed by atoms with van der Waals surface area (Å²) in [7, 11) is 13.1. The minimum atomic E-state index is -3.35. The van der Waals surface area contributed by atoms with E-state index in [1.54, 1.807) is 24.4 Å². The predicted octanol–water partition coefficient (Wildman–Crippen LogP) is 0.453. The van der Waals surface area contributed by atoms with Gasteiger partial charge in [0.2, 0.25) is 0 Å². The van der Waals surface area contributed by atoms with Crippen LogP contribution in [0.15, 0.2) is 42.7 Å². The normalized spacial score (nSPS) is 11.6. The maximum absolute atomic E-state index is 12.7. The lowest BCUT2D eigenvalue weighted by atomic mass is 9.49. The molecule has 0 aliphatic carbocycles. The van der Waals surface area contributed by atoms with E-state index < -0.39 is 21.0 Å². The summed E-state index contributed by atoms with van der Waals surface area (Å²) < 4.78 is 23.6. The number of carbonyl (C=O) groups excluding carboxylic acids is 1. The Kier molecular flexibility index (Phi) is 7.06. The number of anilines is 4. The molecule has 0 aromatic carbocycles. The summed E-state index contributed by atoms with van der Waals surface area (Å²) in [4.78, 5) is 21.1. The summed E-state index contributed by atoms with van der Waals surface area (Å²) in [5.74, 6) is -0.0957. The lowest BCUT2D eigenvalue weighted by molar-refractivity contribution is 0.0947. The first-order chi connectivity index (χ1) is 15.4. The lowest BCUT2D eigenvalue weighted by Crippen LogP contribution is -2.50. The van der Waals surface area contributed by atoms with Gasteiger partial charge in [-0.15, -0.1) is 10.2 Å². The molecule has 0 unspecified atom stereocenters. The molecule has 0 bridgehead atoms. The van der Waals surface area contributed by atoms with Crippen LogP contribution in [0.1, 0.15) is 21.6 Å². The molecule has 3 N–H and O–H groups in total. The van der Waals surface area contributed by atoms with Gasteiger partial charge < -0.3 is 16.0 Å². The fraction of sp³-hybridized carbons (Fsp3) is 0.211. The van der Waals surface area contributed by atoms with Gasteiger partial charge in [0.15, 0.2) is 21.3 Å². The largest absolute Gasteiger partial charge is 0.370 e. The van der Waals surface area contributed by atoms with E-state index in [4.69, 9.17) is 23.5 Å². The Balaban J connectivity index is 2.02. The number of amides is 1. The molecule has 0 spiro atoms. The van der Waals surface area contributed by atoms with Crippen LogP contribution in [0.25, 0.3) is 0 Å². The molecule has 0 saturated heterocycles. The van der Waals surface area contributed by atoms with Crippen molar-refractivity contribution in [2.75, 3.05) is 16.9 Å². The number of sulfone groups is 1. The van der Waals surface area contributed by atoms with E-state index >= 15 is 0 Å². The Bertz CT molecular complexity index is 1280. The molecule has 0 atom stereocenters. The van der Waals surface area contributed by atoms with Crippen molar-refractivity contribution >= 4 is 62.4 Å². The monoisotopic (exact) mass is 457 g/mol. The molecule has 0 fully saturated rings. The molecule has 0 aliphatic heterocycles. The molecule has 3 heterocycles. The van der Waals surface area contributed by atoms with Crippen LogP contribution >= 0.6 is 0 Å². The van der Waals surface area contributed by atoms with Crippen molar-refractivity contribution in [1.29, 1.82) is 0 Å². The zero-order valence-corrected chi connectivity index (χ0v) is 18.7. The SMILES string of the molecule is [B]C([B])([B])NC(=O)c1nnc(Nc2cc(C)ccn2)cc1Nc1ncccc1CS(C)(=O)=O. The van der Waals surface area contributed by atoms with Gasteiger partial charge in [0.25, 0.3) is 5.91 Å². The number of nitrogens with one attached hydrogen (secondary N) is 3. The molecule has 162 valence electrons. The highest BCUT2D eigenvalue weighted by Gasteiger charge is 2.21. The third-order valence-corrected chi connectivity index (χ3v) is 4.91. The molecule has 0 aliphatic rings. The van der Waals surface area contributed by atoms with E-state index in [1.165, 1.54) is 12.3 Å². The molecular formula is C19H18B3N7O3S. The summed E-state index contributed by atoms with van der Waals surface area (Å²) in [6.45, 7) is 1.90. The Morgan fingerprint density at radius 2 is 1.79 bits per heavy atom. The zero-order valence-electron chi connectivity index (χ0n) is 17.9. The molecule has 3 rings (SSSR count). The van der Waals surface area contributed by atoms with Crippen molar-refractivity contribution in [3.8, 4) is 0 Å². The first-order valence-corrected chi connectivity index (χ1v) is 11.6. The Labute approximate surface area is 195 Å². The predicted molar refractivity (Wildman–Crippen MR) is 128 cm³/mol. The molecular weight excluding hydrogens is 439 g/mol. The summed E-state index contributed by atoms with van der Waals surface area (Å²) in [5.41, 5.74) is 1.32. The van der Waals surface area contributed by atoms with Crippen molar-refractivity contribution in [2.24, 2.45) is 0 Å². The van der Waals surface area contributed by atoms with Crippen LogP contribution in [0.2, 0.25) is 0 Å². The second kappa shape index (κ2) is 9.61. The molecule has 3 aromatic rings. The van der Waals surface area contributed by atoms with Gasteiger partial charge >= 0.3 is 0 Å². The van der Waals surface area contributed by atoms with Gasteiger partial charge in [-0.1, -0.05) is 11.3 Å². The Morgan fingerprint density at radius 3 is 2.45 bits per heavy atom. The Morgan fingerprint density at radius 1 is 1.03 bits per heavy atom. The second-order valence-corrected chi connectivity index (χ2v) is 9.57. The van der Waals surface area contributed by atoms with Crippen LogP contribution < -0.4 is 16.0 Å². The van der Waals surface area contributed by atoms with E-state index in [9.17, 15) is 13.2 Å². The van der Waals surface area contributed by atoms with Crippen LogP contribution in [0, 0.1) is 6.92 Å². The Hall–Kier alpha value is -3.41. The standard InChI is InChI=1S/C19H18B3N7O3S/c1-11-5-7-23-14(8-11)26-15-9-13(16(29-28-15)18(30)27-19(20,21)22)25-17-12(4-3-6-24-17)10-33(2,31)32/h3-9H,10H2,1-2H3,(H,27,30)(H2,23,24,25,26,28). The number of hydrogen-bond donors (Lipinski definition) is 3. The number of rotatable bonds is 8. The van der Waals surface area contributed by atoms with E-state index in [-0.39, 0.29) is 28.8 Å². The third kappa shape index (κ3) is 7.31. The smallest absolute Gasteiger partial charge is 0.272 e. The van der Waals surface area contributed by atoms with Gasteiger partial charge in [0.05, 0.1) is 35.0 Å². The average Bonchev–Trinajstić information content (AvgIpc) is 2.67. The summed E-state index contributed by atoms with van der Waals surface area (Å²) in [6, 6.07) is 8.32. The quantitative estimate of drug-likeness (QED) is 0.412. The number of aromatic nitrogens is 4. The first kappa shape index (κ1) is 24.2. The fourth-order valence-corrected chi connectivity index (χ4v) is 3.58. The highest BCUT2D eigenvalue weighted by Crippen LogP contribution is 2.25. The fourth-order valence-electron chi connectivity index (χ4n) is 2.79. The van der Waals surface area contributed by atoms with Crippen molar-refractivity contribution in [1.82, 2.24) is 25.5 Å². The van der Waals surface area contributed by atoms with Gasteiger partial charge in [0.1, 0.15) is 11.6 Å². The molecule has 0 saturated carbocycles. The summed E-state index contributed by atoms with van der Waals surface area (Å²) in [5, 5.41) is 14.1. The van der Waals surface area contributed by atoms with Crippen LogP contribution in [-0.4, -0.2) is 69.5 Å². The maximum atomic E-state index is 12.7. The number of nitrogens with zero attached hydrogens (tertiary/aromatic N) is 4. The van der Waals surface area contributed by atoms with E-state index in [1.807, 2.05) is 13.0 Å². The van der Waals surface area contributed by atoms with Gasteiger partial charge in [-0.3, -0.25) is 4.79 Å². The van der Waals surface area contributed by atoms with Crippen molar-refractivity contribution in [3.63, 3.8) is 0 Å². The molecule has 6 radical (unpaired) electrons. The van der Waals surface area contributed by atoms with Crippen LogP contribution in [0.5, 0.6) is 0 Å². The van der Waals surface area contributed by atoms with E-state index in [0.717, 1.165) is 11.8 Å². The van der Waals surface area contributed by atoms with Crippen LogP contribution in [-0.2, 0) is 15.6 Å². The van der Waals surface area contributed by atoms with E-state index in [0.29, 0.717) is 11.4 Å². The zero-order chi connectivity index (χ0) is 24.2. The number of aryl methyl sites for hydroxylation is 1. The highest BCUT2D eigenvalue weighted by atomic mass is 32.2. The van der Waals surface area contributed by atoms with Crippen molar-refractivity contribution < 1.29 is 13.2 Å². The molecule has 14 heteroatoms. The number of hydrogen-bond acceptors (Lipinski definition) is 9. The van der Waals surface area contributed by atoms with Crippen molar-refractivity contribution in [2.45, 2.75) is 17.9 Å². The summed E-state index contributed by atoms with van der Waals surface area (Å²) >= 11 is 0. The average molecular weight is 457 g/mol. The van der Waals surface area contributed by atoms with E-state index in [2.05, 4.69) is 36.1 Å². The first-order valence-electron chi connectivity index (χ1n) is 9.55. The summed E-state index contributed by atoms with van der Waals surface area (Å²) in [6.07, 6.45) is 4.21. The van der Waals surface area contributed by atoms with Gasteiger partial charge in [-0.25, -0.2) is 18.4 Å².